The van der Waals surface area contributed by atoms with Gasteiger partial charge in [0.2, 0.25) is 5.75 Å². The van der Waals surface area contributed by atoms with Gasteiger partial charge in [0.05, 0.1) is 26.2 Å². The summed E-state index contributed by atoms with van der Waals surface area (Å²) in [6, 6.07) is 7.92. The minimum absolute atomic E-state index is 0.0528. The Bertz CT molecular complexity index is 977. The van der Waals surface area contributed by atoms with Crippen LogP contribution in [-0.4, -0.2) is 34.1 Å². The molecule has 1 aliphatic carbocycles. The lowest BCUT2D eigenvalue weighted by molar-refractivity contribution is 0.324. The molecule has 3 rings (SSSR count). The van der Waals surface area contributed by atoms with Gasteiger partial charge in [-0.3, -0.25) is 4.79 Å². The van der Waals surface area contributed by atoms with Crippen molar-refractivity contribution in [1.29, 1.82) is 0 Å². The fraction of sp³-hybridized carbons (Fsp3) is 0.480. The summed E-state index contributed by atoms with van der Waals surface area (Å²) in [5.41, 5.74) is 4.20. The number of hydrogen-bond donors (Lipinski definition) is 1. The Hall–Kier alpha value is -2.18. The molecule has 1 N–H and O–H groups in total. The van der Waals surface area contributed by atoms with Crippen LogP contribution in [0.25, 0.3) is 11.1 Å². The number of fused-ring (bicyclic) bond motifs is 3. The van der Waals surface area contributed by atoms with Gasteiger partial charge >= 0.3 is 0 Å². The van der Waals surface area contributed by atoms with Gasteiger partial charge in [-0.25, -0.2) is 0 Å². The lowest BCUT2D eigenvalue weighted by atomic mass is 9.95. The number of hydrogen-bond acceptors (Lipinski definition) is 6. The van der Waals surface area contributed by atoms with E-state index < -0.39 is 0 Å². The second-order valence-electron chi connectivity index (χ2n) is 7.71. The fourth-order valence-corrected chi connectivity index (χ4v) is 4.79. The van der Waals surface area contributed by atoms with Gasteiger partial charge in [-0.05, 0) is 67.0 Å². The normalized spacial score (nSPS) is 14.9. The quantitative estimate of drug-likeness (QED) is 0.423. The molecule has 0 saturated carbocycles. The van der Waals surface area contributed by atoms with Crippen molar-refractivity contribution in [2.45, 2.75) is 50.0 Å². The highest BCUT2D eigenvalue weighted by atomic mass is 32.2. The molecular formula is C25H33NO4S. The van der Waals surface area contributed by atoms with E-state index in [0.717, 1.165) is 53.0 Å². The van der Waals surface area contributed by atoms with Crippen LogP contribution in [0.2, 0.25) is 0 Å². The fourth-order valence-electron chi connectivity index (χ4n) is 4.33. The molecule has 0 fully saturated rings. The number of unbranched alkanes of at least 4 members (excludes halogenated alkanes) is 2. The topological polar surface area (TPSA) is 56.8 Å². The Morgan fingerprint density at radius 1 is 1.06 bits per heavy atom. The third-order valence-corrected chi connectivity index (χ3v) is 6.67. The van der Waals surface area contributed by atoms with Crippen LogP contribution in [0.15, 0.2) is 34.0 Å². The second-order valence-corrected chi connectivity index (χ2v) is 8.56. The van der Waals surface area contributed by atoms with Crippen LogP contribution in [0.3, 0.4) is 0 Å². The molecule has 168 valence electrons. The number of thioether (sulfide) groups is 1. The molecule has 0 heterocycles. The molecule has 6 heteroatoms. The van der Waals surface area contributed by atoms with E-state index in [1.807, 2.05) is 24.5 Å². The highest BCUT2D eigenvalue weighted by Gasteiger charge is 2.28. The van der Waals surface area contributed by atoms with Crippen molar-refractivity contribution in [2.75, 3.05) is 34.1 Å². The van der Waals surface area contributed by atoms with Crippen LogP contribution in [0.4, 0.5) is 0 Å². The van der Waals surface area contributed by atoms with Gasteiger partial charge in [0.15, 0.2) is 16.9 Å². The molecule has 2 aromatic carbocycles. The summed E-state index contributed by atoms with van der Waals surface area (Å²) in [5.74, 6) is 1.88. The van der Waals surface area contributed by atoms with Crippen molar-refractivity contribution < 1.29 is 14.2 Å². The molecular weight excluding hydrogens is 410 g/mol. The van der Waals surface area contributed by atoms with Crippen LogP contribution in [-0.2, 0) is 6.42 Å². The van der Waals surface area contributed by atoms with E-state index in [2.05, 4.69) is 18.3 Å². The van der Waals surface area contributed by atoms with Crippen molar-refractivity contribution in [3.63, 3.8) is 0 Å². The number of ether oxygens (including phenoxy) is 3. The Kier molecular flexibility index (Phi) is 8.27. The molecule has 0 saturated heterocycles. The van der Waals surface area contributed by atoms with Gasteiger partial charge in [-0.2, -0.15) is 0 Å². The van der Waals surface area contributed by atoms with E-state index in [1.165, 1.54) is 24.6 Å². The largest absolute Gasteiger partial charge is 0.493 e. The van der Waals surface area contributed by atoms with Gasteiger partial charge in [0.25, 0.3) is 0 Å². The maximum absolute atomic E-state index is 12.9. The summed E-state index contributed by atoms with van der Waals surface area (Å²) in [6.45, 7) is 3.14. The lowest BCUT2D eigenvalue weighted by Crippen LogP contribution is -2.23. The molecule has 0 amide bonds. The van der Waals surface area contributed by atoms with Crippen LogP contribution in [0.5, 0.6) is 17.2 Å². The minimum Gasteiger partial charge on any atom is -0.493 e. The standard InChI is InChI=1S/C25H33NO4S/c1-6-7-8-13-26-19-11-9-16-14-21(28-2)24(29-3)25(30-4)23(16)17-10-12-22(31-5)20(27)15-18(17)19/h10,12,14-15,19,26H,6-9,11,13H2,1-5H3/t19-/m0/s1. The van der Waals surface area contributed by atoms with E-state index in [-0.39, 0.29) is 11.5 Å². The summed E-state index contributed by atoms with van der Waals surface area (Å²) in [4.78, 5) is 13.7. The van der Waals surface area contributed by atoms with Crippen molar-refractivity contribution in [3.05, 3.63) is 45.6 Å². The Labute approximate surface area is 189 Å². The van der Waals surface area contributed by atoms with Crippen molar-refractivity contribution in [3.8, 4) is 28.4 Å². The zero-order valence-electron chi connectivity index (χ0n) is 19.2. The summed E-state index contributed by atoms with van der Waals surface area (Å²) >= 11 is 1.47. The lowest BCUT2D eigenvalue weighted by Gasteiger charge is -2.20. The third-order valence-electron chi connectivity index (χ3n) is 5.89. The number of aryl methyl sites for hydroxylation is 1. The Morgan fingerprint density at radius 3 is 2.48 bits per heavy atom. The van der Waals surface area contributed by atoms with Crippen molar-refractivity contribution in [2.24, 2.45) is 0 Å². The average Bonchev–Trinajstić information content (AvgIpc) is 3.03. The number of methoxy groups -OCH3 is 3. The predicted octanol–water partition coefficient (Wildman–Crippen LogP) is 5.23. The maximum Gasteiger partial charge on any atom is 0.203 e. The van der Waals surface area contributed by atoms with Gasteiger partial charge in [-0.1, -0.05) is 25.8 Å². The molecule has 5 nitrogen and oxygen atoms in total. The maximum atomic E-state index is 12.9. The molecule has 1 atom stereocenters. The SMILES string of the molecule is CCCCCN[C@H]1CCc2cc(OC)c(OC)c(OC)c2-c2ccc(SC)c(=O)cc21. The number of benzene rings is 1. The molecule has 0 unspecified atom stereocenters. The van der Waals surface area contributed by atoms with Crippen molar-refractivity contribution >= 4 is 11.8 Å². The zero-order valence-corrected chi connectivity index (χ0v) is 20.0. The van der Waals surface area contributed by atoms with Crippen LogP contribution in [0, 0.1) is 0 Å². The zero-order chi connectivity index (χ0) is 22.4. The van der Waals surface area contributed by atoms with Crippen LogP contribution in [0.1, 0.15) is 49.8 Å². The molecule has 0 spiro atoms. The van der Waals surface area contributed by atoms with Crippen molar-refractivity contribution in [1.82, 2.24) is 5.32 Å². The molecule has 0 radical (unpaired) electrons. The van der Waals surface area contributed by atoms with Gasteiger partial charge in [0.1, 0.15) is 0 Å². The van der Waals surface area contributed by atoms with E-state index in [0.29, 0.717) is 17.2 Å². The van der Waals surface area contributed by atoms with Crippen LogP contribution < -0.4 is 25.0 Å². The van der Waals surface area contributed by atoms with Gasteiger partial charge in [-0.15, -0.1) is 11.8 Å². The van der Waals surface area contributed by atoms with Crippen LogP contribution >= 0.6 is 11.8 Å². The monoisotopic (exact) mass is 443 g/mol. The third kappa shape index (κ3) is 4.85. The van der Waals surface area contributed by atoms with E-state index in [4.69, 9.17) is 14.2 Å². The Morgan fingerprint density at radius 2 is 1.84 bits per heavy atom. The summed E-state index contributed by atoms with van der Waals surface area (Å²) in [7, 11) is 4.91. The highest BCUT2D eigenvalue weighted by molar-refractivity contribution is 7.98. The van der Waals surface area contributed by atoms with E-state index in [1.54, 1.807) is 21.3 Å². The second kappa shape index (κ2) is 10.9. The summed E-state index contributed by atoms with van der Waals surface area (Å²) < 4.78 is 17.1. The van der Waals surface area contributed by atoms with Gasteiger partial charge in [0, 0.05) is 11.6 Å². The summed E-state index contributed by atoms with van der Waals surface area (Å²) in [5, 5.41) is 3.71. The number of nitrogens with one attached hydrogen (secondary N) is 1. The van der Waals surface area contributed by atoms with Gasteiger partial charge < -0.3 is 19.5 Å². The number of rotatable bonds is 9. The molecule has 31 heavy (non-hydrogen) atoms. The Balaban J connectivity index is 2.25. The van der Waals surface area contributed by atoms with E-state index >= 15 is 0 Å². The smallest absolute Gasteiger partial charge is 0.203 e. The molecule has 0 aromatic heterocycles. The summed E-state index contributed by atoms with van der Waals surface area (Å²) in [6.07, 6.45) is 7.18. The first kappa shape index (κ1) is 23.5. The molecule has 0 bridgehead atoms. The molecule has 1 aliphatic rings. The molecule has 2 aromatic rings. The predicted molar refractivity (Wildman–Crippen MR) is 128 cm³/mol. The average molecular weight is 444 g/mol. The first-order valence-electron chi connectivity index (χ1n) is 10.9. The first-order chi connectivity index (χ1) is 15.1. The highest BCUT2D eigenvalue weighted by Crippen LogP contribution is 2.50. The van der Waals surface area contributed by atoms with E-state index in [9.17, 15) is 4.79 Å². The minimum atomic E-state index is 0.0528. The first-order valence-corrected chi connectivity index (χ1v) is 12.1. The molecule has 0 aliphatic heterocycles.